The van der Waals surface area contributed by atoms with Crippen LogP contribution in [0.4, 0.5) is 0 Å². The number of hydrogen-bond acceptors (Lipinski definition) is 3. The first-order valence-electron chi connectivity index (χ1n) is 6.32. The van der Waals surface area contributed by atoms with Gasteiger partial charge >= 0.3 is 0 Å². The smallest absolute Gasteiger partial charge is 0.0991 e. The number of aryl methyl sites for hydroxylation is 2. The molecule has 0 saturated carbocycles. The quantitative estimate of drug-likeness (QED) is 0.911. The Morgan fingerprint density at radius 2 is 2.05 bits per heavy atom. The summed E-state index contributed by atoms with van der Waals surface area (Å²) >= 11 is 0. The lowest BCUT2D eigenvalue weighted by molar-refractivity contribution is 0.573. The van der Waals surface area contributed by atoms with Crippen LogP contribution < -0.4 is 5.32 Å². The molecule has 0 aliphatic rings. The van der Waals surface area contributed by atoms with Crippen molar-refractivity contribution in [3.8, 4) is 6.07 Å². The molecule has 0 saturated heterocycles. The molecule has 2 aromatic rings. The van der Waals surface area contributed by atoms with Crippen molar-refractivity contribution in [3.05, 3.63) is 52.8 Å². The second-order valence-electron chi connectivity index (χ2n) is 4.75. The summed E-state index contributed by atoms with van der Waals surface area (Å²) in [4.78, 5) is 0. The van der Waals surface area contributed by atoms with E-state index in [1.807, 2.05) is 49.1 Å². The molecule has 1 N–H and O–H groups in total. The molecule has 98 valence electrons. The van der Waals surface area contributed by atoms with Crippen LogP contribution in [0.5, 0.6) is 0 Å². The van der Waals surface area contributed by atoms with E-state index in [-0.39, 0.29) is 6.04 Å². The van der Waals surface area contributed by atoms with Gasteiger partial charge in [-0.2, -0.15) is 10.4 Å². The Morgan fingerprint density at radius 1 is 1.37 bits per heavy atom. The van der Waals surface area contributed by atoms with Gasteiger partial charge in [-0.3, -0.25) is 4.68 Å². The predicted octanol–water partition coefficient (Wildman–Crippen LogP) is 2.45. The second kappa shape index (κ2) is 5.68. The Labute approximate surface area is 113 Å². The summed E-state index contributed by atoms with van der Waals surface area (Å²) in [6.45, 7) is 4.93. The summed E-state index contributed by atoms with van der Waals surface area (Å²) in [5, 5.41) is 16.6. The first-order chi connectivity index (χ1) is 9.10. The van der Waals surface area contributed by atoms with Gasteiger partial charge in [-0.05, 0) is 31.5 Å². The predicted molar refractivity (Wildman–Crippen MR) is 74.4 cm³/mol. The third kappa shape index (κ3) is 3.21. The monoisotopic (exact) mass is 254 g/mol. The van der Waals surface area contributed by atoms with Gasteiger partial charge in [0.15, 0.2) is 0 Å². The number of nitrogens with one attached hydrogen (secondary N) is 1. The molecule has 1 heterocycles. The lowest BCUT2D eigenvalue weighted by Gasteiger charge is -2.13. The maximum Gasteiger partial charge on any atom is 0.0991 e. The minimum Gasteiger partial charge on any atom is -0.306 e. The molecule has 1 atom stereocenters. The fourth-order valence-corrected chi connectivity index (χ4v) is 2.05. The molecule has 0 aliphatic carbocycles. The number of rotatable bonds is 4. The summed E-state index contributed by atoms with van der Waals surface area (Å²) in [5.74, 6) is 0. The molecule has 0 spiro atoms. The van der Waals surface area contributed by atoms with E-state index < -0.39 is 0 Å². The summed E-state index contributed by atoms with van der Waals surface area (Å²) in [6, 6.07) is 10.1. The first kappa shape index (κ1) is 13.3. The highest BCUT2D eigenvalue weighted by Gasteiger charge is 2.07. The summed E-state index contributed by atoms with van der Waals surface area (Å²) < 4.78 is 1.83. The number of benzene rings is 1. The molecule has 1 unspecified atom stereocenters. The number of nitriles is 1. The highest BCUT2D eigenvalue weighted by molar-refractivity contribution is 5.32. The summed E-state index contributed by atoms with van der Waals surface area (Å²) in [7, 11) is 1.93. The van der Waals surface area contributed by atoms with E-state index in [0.717, 1.165) is 12.2 Å². The topological polar surface area (TPSA) is 53.6 Å². The third-order valence-corrected chi connectivity index (χ3v) is 3.25. The molecular formula is C15H18N4. The van der Waals surface area contributed by atoms with Crippen LogP contribution in [0.1, 0.15) is 35.3 Å². The van der Waals surface area contributed by atoms with Crippen LogP contribution >= 0.6 is 0 Å². The highest BCUT2D eigenvalue weighted by Crippen LogP contribution is 2.14. The van der Waals surface area contributed by atoms with Crippen molar-refractivity contribution in [2.24, 2.45) is 7.05 Å². The molecule has 1 aromatic heterocycles. The van der Waals surface area contributed by atoms with Crippen molar-refractivity contribution in [2.75, 3.05) is 0 Å². The first-order valence-corrected chi connectivity index (χ1v) is 6.32. The second-order valence-corrected chi connectivity index (χ2v) is 4.75. The average Bonchev–Trinajstić information content (AvgIpc) is 2.74. The van der Waals surface area contributed by atoms with Gasteiger partial charge in [-0.25, -0.2) is 0 Å². The zero-order valence-electron chi connectivity index (χ0n) is 11.5. The summed E-state index contributed by atoms with van der Waals surface area (Å²) in [5.41, 5.74) is 4.14. The molecule has 0 radical (unpaired) electrons. The Bertz CT molecular complexity index is 590. The lowest BCUT2D eigenvalue weighted by Crippen LogP contribution is -2.18. The molecule has 0 aliphatic heterocycles. The fraction of sp³-hybridized carbons (Fsp3) is 0.333. The normalized spacial score (nSPS) is 12.1. The molecule has 0 bridgehead atoms. The third-order valence-electron chi connectivity index (χ3n) is 3.25. The van der Waals surface area contributed by atoms with Crippen LogP contribution in [0.2, 0.25) is 0 Å². The van der Waals surface area contributed by atoms with Crippen molar-refractivity contribution in [1.29, 1.82) is 5.26 Å². The largest absolute Gasteiger partial charge is 0.306 e. The highest BCUT2D eigenvalue weighted by atomic mass is 15.2. The molecule has 4 nitrogen and oxygen atoms in total. The van der Waals surface area contributed by atoms with Crippen LogP contribution in [-0.2, 0) is 13.6 Å². The SMILES string of the molecule is Cc1nn(C)cc1CNC(C)c1ccc(C#N)cc1. The Balaban J connectivity index is 1.99. The van der Waals surface area contributed by atoms with E-state index in [1.165, 1.54) is 11.1 Å². The fourth-order valence-electron chi connectivity index (χ4n) is 2.05. The Morgan fingerprint density at radius 3 is 2.58 bits per heavy atom. The molecule has 4 heteroatoms. The zero-order valence-corrected chi connectivity index (χ0v) is 11.5. The van der Waals surface area contributed by atoms with Crippen molar-refractivity contribution in [2.45, 2.75) is 26.4 Å². The maximum atomic E-state index is 8.78. The van der Waals surface area contributed by atoms with E-state index in [0.29, 0.717) is 5.56 Å². The van der Waals surface area contributed by atoms with E-state index >= 15 is 0 Å². The van der Waals surface area contributed by atoms with Gasteiger partial charge in [0.2, 0.25) is 0 Å². The standard InChI is InChI=1S/C15H18N4/c1-11(14-6-4-13(8-16)5-7-14)17-9-15-10-19(3)18-12(15)2/h4-7,10-11,17H,9H2,1-3H3. The van der Waals surface area contributed by atoms with Crippen LogP contribution in [0.15, 0.2) is 30.5 Å². The van der Waals surface area contributed by atoms with E-state index in [1.54, 1.807) is 0 Å². The average molecular weight is 254 g/mol. The van der Waals surface area contributed by atoms with Gasteiger partial charge < -0.3 is 5.32 Å². The lowest BCUT2D eigenvalue weighted by atomic mass is 10.1. The number of hydrogen-bond donors (Lipinski definition) is 1. The van der Waals surface area contributed by atoms with Crippen LogP contribution in [-0.4, -0.2) is 9.78 Å². The van der Waals surface area contributed by atoms with E-state index in [9.17, 15) is 0 Å². The van der Waals surface area contributed by atoms with E-state index in [4.69, 9.17) is 5.26 Å². The molecule has 0 fully saturated rings. The van der Waals surface area contributed by atoms with Crippen molar-refractivity contribution < 1.29 is 0 Å². The maximum absolute atomic E-state index is 8.78. The minimum atomic E-state index is 0.243. The Kier molecular flexibility index (Phi) is 3.98. The van der Waals surface area contributed by atoms with E-state index in [2.05, 4.69) is 23.4 Å². The van der Waals surface area contributed by atoms with Gasteiger partial charge in [0.05, 0.1) is 17.3 Å². The van der Waals surface area contributed by atoms with Gasteiger partial charge in [0, 0.05) is 31.4 Å². The van der Waals surface area contributed by atoms with Gasteiger partial charge in [-0.15, -0.1) is 0 Å². The van der Waals surface area contributed by atoms with Crippen molar-refractivity contribution >= 4 is 0 Å². The van der Waals surface area contributed by atoms with Crippen molar-refractivity contribution in [1.82, 2.24) is 15.1 Å². The van der Waals surface area contributed by atoms with Gasteiger partial charge in [0.25, 0.3) is 0 Å². The van der Waals surface area contributed by atoms with Crippen LogP contribution in [0.25, 0.3) is 0 Å². The molecular weight excluding hydrogens is 236 g/mol. The minimum absolute atomic E-state index is 0.243. The van der Waals surface area contributed by atoms with Crippen molar-refractivity contribution in [3.63, 3.8) is 0 Å². The number of nitrogens with zero attached hydrogens (tertiary/aromatic N) is 3. The zero-order chi connectivity index (χ0) is 13.8. The van der Waals surface area contributed by atoms with Crippen LogP contribution in [0.3, 0.4) is 0 Å². The summed E-state index contributed by atoms with van der Waals surface area (Å²) in [6.07, 6.45) is 2.04. The Hall–Kier alpha value is -2.12. The molecule has 1 aromatic carbocycles. The molecule has 2 rings (SSSR count). The molecule has 0 amide bonds. The molecule has 19 heavy (non-hydrogen) atoms. The number of aromatic nitrogens is 2. The van der Waals surface area contributed by atoms with Gasteiger partial charge in [-0.1, -0.05) is 12.1 Å². The van der Waals surface area contributed by atoms with Crippen LogP contribution in [0, 0.1) is 18.3 Å². The van der Waals surface area contributed by atoms with Gasteiger partial charge in [0.1, 0.15) is 0 Å².